The number of benzene rings is 1. The molecule has 0 radical (unpaired) electrons. The summed E-state index contributed by atoms with van der Waals surface area (Å²) in [6, 6.07) is 8.99. The Balaban J connectivity index is 1.58. The molecule has 1 N–H and O–H groups in total. The van der Waals surface area contributed by atoms with E-state index < -0.39 is 21.8 Å². The zero-order chi connectivity index (χ0) is 17.9. The summed E-state index contributed by atoms with van der Waals surface area (Å²) in [5.74, 6) is -0.800. The first-order valence-corrected chi connectivity index (χ1v) is 10.1. The first-order valence-electron chi connectivity index (χ1n) is 8.53. The van der Waals surface area contributed by atoms with Crippen LogP contribution in [0.2, 0.25) is 0 Å². The zero-order valence-corrected chi connectivity index (χ0v) is 14.7. The van der Waals surface area contributed by atoms with Gasteiger partial charge in [0, 0.05) is 19.0 Å². The molecule has 2 fully saturated rings. The van der Waals surface area contributed by atoms with Gasteiger partial charge in [0.1, 0.15) is 0 Å². The monoisotopic (exact) mass is 362 g/mol. The van der Waals surface area contributed by atoms with E-state index in [9.17, 15) is 18.0 Å². The van der Waals surface area contributed by atoms with Crippen LogP contribution < -0.4 is 4.72 Å². The summed E-state index contributed by atoms with van der Waals surface area (Å²) >= 11 is 0. The Labute approximate surface area is 148 Å². The quantitative estimate of drug-likeness (QED) is 0.865. The van der Waals surface area contributed by atoms with Crippen molar-refractivity contribution in [2.75, 3.05) is 13.1 Å². The minimum Gasteiger partial charge on any atom is -0.342 e. The number of rotatable bonds is 5. The van der Waals surface area contributed by atoms with Gasteiger partial charge in [-0.25, -0.2) is 13.1 Å². The van der Waals surface area contributed by atoms with E-state index in [4.69, 9.17) is 0 Å². The van der Waals surface area contributed by atoms with E-state index in [1.54, 1.807) is 29.2 Å². The van der Waals surface area contributed by atoms with Crippen LogP contribution in [0.25, 0.3) is 6.08 Å². The SMILES string of the molecule is O=C(NS(=O)(=O)/C=C/c1ccccc1)C1CCCN(C(=O)C2CC2)C1. The number of sulfonamides is 1. The fraction of sp³-hybridized carbons (Fsp3) is 0.444. The van der Waals surface area contributed by atoms with Crippen LogP contribution in [0.3, 0.4) is 0 Å². The van der Waals surface area contributed by atoms with Crippen LogP contribution >= 0.6 is 0 Å². The Morgan fingerprint density at radius 2 is 1.80 bits per heavy atom. The van der Waals surface area contributed by atoms with Crippen LogP contribution in [0.4, 0.5) is 0 Å². The van der Waals surface area contributed by atoms with Crippen LogP contribution in [0.5, 0.6) is 0 Å². The summed E-state index contributed by atoms with van der Waals surface area (Å²) in [5, 5.41) is 0.996. The molecule has 1 aliphatic carbocycles. The minimum atomic E-state index is -3.85. The van der Waals surface area contributed by atoms with Crippen molar-refractivity contribution in [2.45, 2.75) is 25.7 Å². The summed E-state index contributed by atoms with van der Waals surface area (Å²) in [5.41, 5.74) is 0.735. The van der Waals surface area contributed by atoms with E-state index in [-0.39, 0.29) is 11.8 Å². The second kappa shape index (κ2) is 7.39. The number of hydrogen-bond donors (Lipinski definition) is 1. The molecule has 2 aliphatic rings. The number of piperidine rings is 1. The molecule has 1 aromatic rings. The van der Waals surface area contributed by atoms with Gasteiger partial charge in [0.25, 0.3) is 10.0 Å². The van der Waals surface area contributed by atoms with E-state index in [1.807, 2.05) is 6.07 Å². The highest BCUT2D eigenvalue weighted by Crippen LogP contribution is 2.32. The topological polar surface area (TPSA) is 83.6 Å². The Morgan fingerprint density at radius 3 is 2.48 bits per heavy atom. The fourth-order valence-electron chi connectivity index (χ4n) is 2.97. The highest BCUT2D eigenvalue weighted by molar-refractivity contribution is 7.93. The van der Waals surface area contributed by atoms with Crippen molar-refractivity contribution in [3.05, 3.63) is 41.3 Å². The van der Waals surface area contributed by atoms with Crippen LogP contribution in [0.15, 0.2) is 35.7 Å². The lowest BCUT2D eigenvalue weighted by molar-refractivity contribution is -0.136. The highest BCUT2D eigenvalue weighted by Gasteiger charge is 2.37. The molecule has 1 saturated heterocycles. The number of nitrogens with one attached hydrogen (secondary N) is 1. The van der Waals surface area contributed by atoms with Crippen molar-refractivity contribution in [3.63, 3.8) is 0 Å². The van der Waals surface area contributed by atoms with Gasteiger partial charge in [0.05, 0.1) is 11.3 Å². The van der Waals surface area contributed by atoms with E-state index in [1.165, 1.54) is 6.08 Å². The van der Waals surface area contributed by atoms with Crippen molar-refractivity contribution in [1.82, 2.24) is 9.62 Å². The average molecular weight is 362 g/mol. The molecule has 6 nitrogen and oxygen atoms in total. The molecule has 0 aromatic heterocycles. The van der Waals surface area contributed by atoms with Crippen LogP contribution in [0.1, 0.15) is 31.2 Å². The molecule has 1 aliphatic heterocycles. The molecule has 1 aromatic carbocycles. The molecule has 1 atom stereocenters. The fourth-order valence-corrected chi connectivity index (χ4v) is 3.82. The predicted octanol–water partition coefficient (Wildman–Crippen LogP) is 1.75. The summed E-state index contributed by atoms with van der Waals surface area (Å²) in [6.45, 7) is 0.957. The van der Waals surface area contributed by atoms with Crippen molar-refractivity contribution in [1.29, 1.82) is 0 Å². The number of amides is 2. The summed E-state index contributed by atoms with van der Waals surface area (Å²) in [6.07, 6.45) is 4.60. The van der Waals surface area contributed by atoms with Crippen molar-refractivity contribution < 1.29 is 18.0 Å². The second-order valence-corrected chi connectivity index (χ2v) is 8.19. The van der Waals surface area contributed by atoms with Gasteiger partial charge >= 0.3 is 0 Å². The van der Waals surface area contributed by atoms with Crippen LogP contribution in [-0.4, -0.2) is 38.2 Å². The van der Waals surface area contributed by atoms with E-state index in [0.717, 1.165) is 30.2 Å². The first-order chi connectivity index (χ1) is 11.9. The minimum absolute atomic E-state index is 0.101. The molecular formula is C18H22N2O4S. The van der Waals surface area contributed by atoms with Gasteiger partial charge in [-0.2, -0.15) is 0 Å². The molecule has 25 heavy (non-hydrogen) atoms. The number of hydrogen-bond acceptors (Lipinski definition) is 4. The lowest BCUT2D eigenvalue weighted by Crippen LogP contribution is -2.46. The summed E-state index contributed by atoms with van der Waals surface area (Å²) in [4.78, 5) is 26.2. The van der Waals surface area contributed by atoms with Gasteiger partial charge in [0.15, 0.2) is 0 Å². The van der Waals surface area contributed by atoms with Crippen molar-refractivity contribution in [2.24, 2.45) is 11.8 Å². The standard InChI is InChI=1S/C18H22N2O4S/c21-17(16-7-4-11-20(13-16)18(22)15-8-9-15)19-25(23,24)12-10-14-5-2-1-3-6-14/h1-3,5-6,10,12,15-16H,4,7-9,11,13H2,(H,19,21)/b12-10+. The maximum atomic E-state index is 12.3. The largest absolute Gasteiger partial charge is 0.342 e. The molecule has 1 unspecified atom stereocenters. The first kappa shape index (κ1) is 17.7. The maximum Gasteiger partial charge on any atom is 0.257 e. The van der Waals surface area contributed by atoms with Gasteiger partial charge < -0.3 is 4.90 Å². The second-order valence-electron chi connectivity index (χ2n) is 6.62. The predicted molar refractivity (Wildman–Crippen MR) is 94.6 cm³/mol. The maximum absolute atomic E-state index is 12.3. The molecule has 3 rings (SSSR count). The normalized spacial score (nSPS) is 21.3. The van der Waals surface area contributed by atoms with Crippen LogP contribution in [0, 0.1) is 11.8 Å². The highest BCUT2D eigenvalue weighted by atomic mass is 32.2. The van der Waals surface area contributed by atoms with Gasteiger partial charge in [-0.05, 0) is 37.3 Å². The van der Waals surface area contributed by atoms with E-state index >= 15 is 0 Å². The Morgan fingerprint density at radius 1 is 1.08 bits per heavy atom. The third-order valence-electron chi connectivity index (χ3n) is 4.51. The summed E-state index contributed by atoms with van der Waals surface area (Å²) in [7, 11) is -3.85. The lowest BCUT2D eigenvalue weighted by atomic mass is 9.97. The number of likely N-dealkylation sites (tertiary alicyclic amines) is 1. The van der Waals surface area contributed by atoms with E-state index in [0.29, 0.717) is 19.5 Å². The number of nitrogens with zero attached hydrogens (tertiary/aromatic N) is 1. The Bertz CT molecular complexity index is 770. The van der Waals surface area contributed by atoms with Crippen molar-refractivity contribution >= 4 is 27.9 Å². The molecular weight excluding hydrogens is 340 g/mol. The molecule has 0 bridgehead atoms. The third kappa shape index (κ3) is 4.92. The molecule has 134 valence electrons. The summed E-state index contributed by atoms with van der Waals surface area (Å²) < 4.78 is 26.3. The Kier molecular flexibility index (Phi) is 5.22. The van der Waals surface area contributed by atoms with Crippen LogP contribution in [-0.2, 0) is 19.6 Å². The molecule has 2 amide bonds. The van der Waals surface area contributed by atoms with Gasteiger partial charge in [-0.3, -0.25) is 9.59 Å². The van der Waals surface area contributed by atoms with Crippen molar-refractivity contribution in [3.8, 4) is 0 Å². The Hall–Kier alpha value is -2.15. The van der Waals surface area contributed by atoms with Gasteiger partial charge in [-0.15, -0.1) is 0 Å². The lowest BCUT2D eigenvalue weighted by Gasteiger charge is -2.32. The molecule has 7 heteroatoms. The third-order valence-corrected chi connectivity index (χ3v) is 5.49. The smallest absolute Gasteiger partial charge is 0.257 e. The molecule has 1 heterocycles. The zero-order valence-electron chi connectivity index (χ0n) is 13.9. The van der Waals surface area contributed by atoms with Gasteiger partial charge in [0.2, 0.25) is 11.8 Å². The van der Waals surface area contributed by atoms with E-state index in [2.05, 4.69) is 4.72 Å². The number of carbonyl (C=O) groups excluding carboxylic acids is 2. The molecule has 0 spiro atoms. The number of carbonyl (C=O) groups is 2. The average Bonchev–Trinajstić information content (AvgIpc) is 3.45. The molecule has 1 saturated carbocycles. The van der Waals surface area contributed by atoms with Gasteiger partial charge in [-0.1, -0.05) is 30.3 Å².